The van der Waals surface area contributed by atoms with Gasteiger partial charge < -0.3 is 0 Å². The molecule has 40 valence electrons. The standard InChI is InChI=1S/ClHO3S.H3P/c1-5(2,3)4;/h(H,2,3,4);1H3. The molecule has 0 fully saturated rings. The highest BCUT2D eigenvalue weighted by molar-refractivity contribution is 8.09. The summed E-state index contributed by atoms with van der Waals surface area (Å²) in [5, 5.41) is 0. The van der Waals surface area contributed by atoms with Crippen LogP contribution in [0.2, 0.25) is 0 Å². The summed E-state index contributed by atoms with van der Waals surface area (Å²) >= 11 is 0. The highest BCUT2D eigenvalue weighted by Gasteiger charge is 1.86. The van der Waals surface area contributed by atoms with Crippen LogP contribution >= 0.6 is 20.6 Å². The third-order valence-electron chi connectivity index (χ3n) is 0. The Bertz CT molecular complexity index is 94.0. The van der Waals surface area contributed by atoms with Crippen molar-refractivity contribution in [3.63, 3.8) is 0 Å². The summed E-state index contributed by atoms with van der Waals surface area (Å²) in [5.41, 5.74) is 0. The molecule has 1 atom stereocenters. The summed E-state index contributed by atoms with van der Waals surface area (Å²) in [6.45, 7) is 0. The molecular weight excluding hydrogens is 146 g/mol. The zero-order valence-electron chi connectivity index (χ0n) is 2.76. The molecule has 3 nitrogen and oxygen atoms in total. The van der Waals surface area contributed by atoms with Crippen molar-refractivity contribution in [2.24, 2.45) is 0 Å². The Morgan fingerprint density at radius 2 is 1.50 bits per heavy atom. The predicted molar refractivity (Wildman–Crippen MR) is 28.5 cm³/mol. The van der Waals surface area contributed by atoms with Gasteiger partial charge >= 0.3 is 9.33 Å². The first-order chi connectivity index (χ1) is 2.00. The Balaban J connectivity index is 0. The fourth-order valence-electron chi connectivity index (χ4n) is 0. The van der Waals surface area contributed by atoms with Gasteiger partial charge in [0.15, 0.2) is 0 Å². The minimum atomic E-state index is -4.19. The van der Waals surface area contributed by atoms with E-state index in [0.29, 0.717) is 0 Å². The van der Waals surface area contributed by atoms with E-state index in [9.17, 15) is 0 Å². The molecule has 0 aromatic heterocycles. The SMILES string of the molecule is O=S(=O)(O)Cl.P. The van der Waals surface area contributed by atoms with Gasteiger partial charge in [-0.3, -0.25) is 4.55 Å². The van der Waals surface area contributed by atoms with Gasteiger partial charge in [-0.05, 0) is 0 Å². The van der Waals surface area contributed by atoms with E-state index in [-0.39, 0.29) is 9.90 Å². The lowest BCUT2D eigenvalue weighted by Gasteiger charge is -1.65. The first kappa shape index (κ1) is 9.80. The fourth-order valence-corrected chi connectivity index (χ4v) is 0. The van der Waals surface area contributed by atoms with Gasteiger partial charge in [-0.1, -0.05) is 0 Å². The molecule has 6 heteroatoms. The minimum absolute atomic E-state index is 0. The first-order valence-electron chi connectivity index (χ1n) is 0.670. The van der Waals surface area contributed by atoms with Gasteiger partial charge in [0.25, 0.3) is 0 Å². The minimum Gasteiger partial charge on any atom is -0.273 e. The molecule has 0 saturated carbocycles. The molecule has 0 aliphatic carbocycles. The van der Waals surface area contributed by atoms with Crippen LogP contribution in [0.3, 0.4) is 0 Å². The molecule has 0 amide bonds. The largest absolute Gasteiger partial charge is 0.353 e. The van der Waals surface area contributed by atoms with E-state index in [4.69, 9.17) is 13.0 Å². The summed E-state index contributed by atoms with van der Waals surface area (Å²) in [5.74, 6) is 0. The molecular formula is H4ClO3PS. The highest BCUT2D eigenvalue weighted by atomic mass is 35.7. The van der Waals surface area contributed by atoms with Crippen LogP contribution in [-0.2, 0) is 9.33 Å². The van der Waals surface area contributed by atoms with Crippen LogP contribution in [0.5, 0.6) is 0 Å². The van der Waals surface area contributed by atoms with Crippen LogP contribution < -0.4 is 0 Å². The summed E-state index contributed by atoms with van der Waals surface area (Å²) < 4.78 is 25.2. The van der Waals surface area contributed by atoms with Gasteiger partial charge in [0, 0.05) is 10.7 Å². The van der Waals surface area contributed by atoms with Crippen LogP contribution in [0.25, 0.3) is 0 Å². The molecule has 0 saturated heterocycles. The monoisotopic (exact) mass is 150 g/mol. The molecule has 6 heavy (non-hydrogen) atoms. The van der Waals surface area contributed by atoms with Gasteiger partial charge in [0.05, 0.1) is 0 Å². The zero-order chi connectivity index (χ0) is 4.50. The molecule has 0 heterocycles. The molecule has 0 rings (SSSR count). The van der Waals surface area contributed by atoms with Crippen molar-refractivity contribution in [3.8, 4) is 0 Å². The normalized spacial score (nSPS) is 9.67. The van der Waals surface area contributed by atoms with Crippen LogP contribution in [0.4, 0.5) is 0 Å². The lowest BCUT2D eigenvalue weighted by Crippen LogP contribution is -1.77. The van der Waals surface area contributed by atoms with E-state index in [0.717, 1.165) is 0 Å². The third kappa shape index (κ3) is 154. The summed E-state index contributed by atoms with van der Waals surface area (Å²) in [4.78, 5) is 0. The number of rotatable bonds is 0. The molecule has 1 N–H and O–H groups in total. The summed E-state index contributed by atoms with van der Waals surface area (Å²) in [6, 6.07) is 0. The second kappa shape index (κ2) is 2.75. The van der Waals surface area contributed by atoms with Crippen LogP contribution in [0, 0.1) is 0 Å². The maximum Gasteiger partial charge on any atom is 0.353 e. The molecule has 1 unspecified atom stereocenters. The van der Waals surface area contributed by atoms with Crippen molar-refractivity contribution in [2.75, 3.05) is 0 Å². The molecule has 0 spiro atoms. The maximum absolute atomic E-state index is 8.95. The summed E-state index contributed by atoms with van der Waals surface area (Å²) in [6.07, 6.45) is 0. The van der Waals surface area contributed by atoms with E-state index in [2.05, 4.69) is 10.7 Å². The third-order valence-corrected chi connectivity index (χ3v) is 0. The van der Waals surface area contributed by atoms with Crippen molar-refractivity contribution in [1.29, 1.82) is 0 Å². The van der Waals surface area contributed by atoms with Crippen molar-refractivity contribution >= 4 is 29.9 Å². The maximum atomic E-state index is 8.95. The van der Waals surface area contributed by atoms with Gasteiger partial charge in [-0.25, -0.2) is 0 Å². The lowest BCUT2D eigenvalue weighted by atomic mass is 15.9. The Kier molecular flexibility index (Phi) is 4.49. The van der Waals surface area contributed by atoms with Gasteiger partial charge in [-0.2, -0.15) is 18.3 Å². The average Bonchev–Trinajstić information content (AvgIpc) is 0.722. The molecule has 0 aliphatic rings. The fraction of sp³-hybridized carbons (Fsp3) is 0. The van der Waals surface area contributed by atoms with Gasteiger partial charge in [-0.15, -0.1) is 0 Å². The molecule has 0 radical (unpaired) electrons. The molecule has 0 bridgehead atoms. The van der Waals surface area contributed by atoms with Gasteiger partial charge in [0.2, 0.25) is 0 Å². The Morgan fingerprint density at radius 3 is 1.50 bits per heavy atom. The number of hydrogen-bond donors (Lipinski definition) is 1. The van der Waals surface area contributed by atoms with E-state index in [1.807, 2.05) is 0 Å². The lowest BCUT2D eigenvalue weighted by molar-refractivity contribution is 0.501. The van der Waals surface area contributed by atoms with Crippen LogP contribution in [-0.4, -0.2) is 13.0 Å². The molecule has 0 aromatic rings. The number of halogens is 1. The van der Waals surface area contributed by atoms with Crippen molar-refractivity contribution in [3.05, 3.63) is 0 Å². The molecule has 0 aliphatic heterocycles. The van der Waals surface area contributed by atoms with Crippen LogP contribution in [0.1, 0.15) is 0 Å². The second-order valence-corrected chi connectivity index (χ2v) is 2.41. The van der Waals surface area contributed by atoms with Crippen LogP contribution in [0.15, 0.2) is 0 Å². The van der Waals surface area contributed by atoms with E-state index < -0.39 is 9.33 Å². The highest BCUT2D eigenvalue weighted by Crippen LogP contribution is 1.82. The quantitative estimate of drug-likeness (QED) is 0.302. The summed E-state index contributed by atoms with van der Waals surface area (Å²) in [7, 11) is -0.137. The zero-order valence-corrected chi connectivity index (χ0v) is 5.74. The Labute approximate surface area is 43.6 Å². The van der Waals surface area contributed by atoms with Gasteiger partial charge in [0.1, 0.15) is 0 Å². The Hall–Kier alpha value is 0.630. The van der Waals surface area contributed by atoms with Crippen molar-refractivity contribution in [1.82, 2.24) is 0 Å². The second-order valence-electron chi connectivity index (χ2n) is 0.412. The predicted octanol–water partition coefficient (Wildman–Crippen LogP) is 0.0861. The average molecular weight is 151 g/mol. The number of hydrogen-bond acceptors (Lipinski definition) is 2. The molecule has 0 aromatic carbocycles. The topological polar surface area (TPSA) is 54.4 Å². The van der Waals surface area contributed by atoms with E-state index in [1.54, 1.807) is 0 Å². The van der Waals surface area contributed by atoms with E-state index in [1.165, 1.54) is 0 Å². The first-order valence-corrected chi connectivity index (χ1v) is 2.94. The Morgan fingerprint density at radius 1 is 1.50 bits per heavy atom. The van der Waals surface area contributed by atoms with Crippen molar-refractivity contribution in [2.45, 2.75) is 0 Å². The smallest absolute Gasteiger partial charge is 0.273 e. The van der Waals surface area contributed by atoms with E-state index >= 15 is 0 Å². The van der Waals surface area contributed by atoms with Crippen molar-refractivity contribution < 1.29 is 13.0 Å².